The summed E-state index contributed by atoms with van der Waals surface area (Å²) in [5.74, 6) is 0.992. The summed E-state index contributed by atoms with van der Waals surface area (Å²) in [7, 11) is 0. The lowest BCUT2D eigenvalue weighted by molar-refractivity contribution is -0.139. The van der Waals surface area contributed by atoms with Crippen molar-refractivity contribution in [3.05, 3.63) is 35.9 Å². The molecule has 18 heavy (non-hydrogen) atoms. The Morgan fingerprint density at radius 1 is 1.39 bits per heavy atom. The van der Waals surface area contributed by atoms with Gasteiger partial charge in [-0.25, -0.2) is 9.59 Å². The van der Waals surface area contributed by atoms with Crippen molar-refractivity contribution in [1.82, 2.24) is 5.32 Å². The van der Waals surface area contributed by atoms with Crippen LogP contribution in [0.25, 0.3) is 0 Å². The number of terminal acetylenes is 1. The Balaban J connectivity index is 2.59. The molecule has 0 saturated carbocycles. The van der Waals surface area contributed by atoms with Gasteiger partial charge in [0.25, 0.3) is 0 Å². The summed E-state index contributed by atoms with van der Waals surface area (Å²) in [5, 5.41) is 11.2. The summed E-state index contributed by atoms with van der Waals surface area (Å²) in [4.78, 5) is 22.2. The minimum absolute atomic E-state index is 0.182. The van der Waals surface area contributed by atoms with Crippen molar-refractivity contribution in [2.75, 3.05) is 6.61 Å². The van der Waals surface area contributed by atoms with E-state index in [9.17, 15) is 9.59 Å². The van der Waals surface area contributed by atoms with Gasteiger partial charge in [-0.15, -0.1) is 6.42 Å². The predicted molar refractivity (Wildman–Crippen MR) is 64.9 cm³/mol. The molecular weight excluding hydrogens is 234 g/mol. The molecule has 0 aliphatic carbocycles. The number of nitrogens with one attached hydrogen (secondary N) is 1. The molecule has 0 heterocycles. The zero-order valence-electron chi connectivity index (χ0n) is 9.63. The van der Waals surface area contributed by atoms with Crippen molar-refractivity contribution >= 4 is 12.1 Å². The molecule has 0 aliphatic heterocycles. The average Bonchev–Trinajstić information content (AvgIpc) is 2.36. The molecule has 1 amide bonds. The van der Waals surface area contributed by atoms with Crippen molar-refractivity contribution in [2.24, 2.45) is 0 Å². The first-order valence-corrected chi connectivity index (χ1v) is 5.27. The first-order valence-electron chi connectivity index (χ1n) is 5.27. The molecule has 0 aromatic heterocycles. The highest BCUT2D eigenvalue weighted by Gasteiger charge is 2.20. The van der Waals surface area contributed by atoms with Gasteiger partial charge in [0.15, 0.2) is 6.61 Å². The summed E-state index contributed by atoms with van der Waals surface area (Å²) in [5.41, 5.74) is 0.808. The number of alkyl carbamates (subject to hydrolysis) is 1. The SMILES string of the molecule is C#CCOC(=O)N[C@@H](Cc1ccccc1)C(=O)O. The van der Waals surface area contributed by atoms with Gasteiger partial charge in [-0.2, -0.15) is 0 Å². The number of aliphatic carboxylic acids is 1. The molecular formula is C13H13NO4. The van der Waals surface area contributed by atoms with Gasteiger partial charge in [0.05, 0.1) is 0 Å². The summed E-state index contributed by atoms with van der Waals surface area (Å²) < 4.78 is 4.56. The van der Waals surface area contributed by atoms with Crippen LogP contribution < -0.4 is 5.32 Å². The van der Waals surface area contributed by atoms with Gasteiger partial charge < -0.3 is 15.2 Å². The molecule has 5 nitrogen and oxygen atoms in total. The summed E-state index contributed by atoms with van der Waals surface area (Å²) in [6, 6.07) is 7.94. The molecule has 5 heteroatoms. The van der Waals surface area contributed by atoms with Gasteiger partial charge in [-0.3, -0.25) is 0 Å². The lowest BCUT2D eigenvalue weighted by Gasteiger charge is -2.13. The van der Waals surface area contributed by atoms with Gasteiger partial charge in [0, 0.05) is 6.42 Å². The summed E-state index contributed by atoms with van der Waals surface area (Å²) in [6.07, 6.45) is 4.26. The Morgan fingerprint density at radius 3 is 2.61 bits per heavy atom. The number of carbonyl (C=O) groups excluding carboxylic acids is 1. The van der Waals surface area contributed by atoms with Crippen molar-refractivity contribution in [3.63, 3.8) is 0 Å². The maximum atomic E-state index is 11.2. The van der Waals surface area contributed by atoms with Crippen LogP contribution in [-0.2, 0) is 16.0 Å². The minimum Gasteiger partial charge on any atom is -0.480 e. The molecule has 0 spiro atoms. The molecule has 0 saturated heterocycles. The maximum absolute atomic E-state index is 11.2. The van der Waals surface area contributed by atoms with Gasteiger partial charge in [0.1, 0.15) is 6.04 Å². The Labute approximate surface area is 105 Å². The van der Waals surface area contributed by atoms with E-state index < -0.39 is 18.1 Å². The van der Waals surface area contributed by atoms with E-state index in [1.807, 2.05) is 6.07 Å². The van der Waals surface area contributed by atoms with Crippen molar-refractivity contribution in [3.8, 4) is 12.3 Å². The van der Waals surface area contributed by atoms with E-state index >= 15 is 0 Å². The van der Waals surface area contributed by atoms with Crippen LogP contribution >= 0.6 is 0 Å². The second kappa shape index (κ2) is 6.97. The molecule has 0 aliphatic rings. The molecule has 0 radical (unpaired) electrons. The normalized spacial score (nSPS) is 11.1. The van der Waals surface area contributed by atoms with Crippen LogP contribution in [0.1, 0.15) is 5.56 Å². The second-order valence-corrected chi connectivity index (χ2v) is 3.51. The lowest BCUT2D eigenvalue weighted by atomic mass is 10.1. The lowest BCUT2D eigenvalue weighted by Crippen LogP contribution is -2.42. The average molecular weight is 247 g/mol. The number of carboxylic acid groups (broad SMARTS) is 1. The number of carboxylic acids is 1. The smallest absolute Gasteiger partial charge is 0.408 e. The van der Waals surface area contributed by atoms with Crippen LogP contribution in [0, 0.1) is 12.3 Å². The largest absolute Gasteiger partial charge is 0.480 e. The number of hydrogen-bond donors (Lipinski definition) is 2. The molecule has 1 rings (SSSR count). The van der Waals surface area contributed by atoms with Crippen LogP contribution in [0.15, 0.2) is 30.3 Å². The fourth-order valence-corrected chi connectivity index (χ4v) is 1.34. The minimum atomic E-state index is -1.13. The number of rotatable bonds is 5. The van der Waals surface area contributed by atoms with Gasteiger partial charge >= 0.3 is 12.1 Å². The van der Waals surface area contributed by atoms with Crippen molar-refractivity contribution < 1.29 is 19.4 Å². The highest BCUT2D eigenvalue weighted by atomic mass is 16.5. The summed E-state index contributed by atoms with van der Waals surface area (Å²) in [6.45, 7) is -0.191. The molecule has 0 fully saturated rings. The van der Waals surface area contributed by atoms with E-state index in [0.29, 0.717) is 0 Å². The number of amides is 1. The number of hydrogen-bond acceptors (Lipinski definition) is 3. The van der Waals surface area contributed by atoms with E-state index in [1.165, 1.54) is 0 Å². The molecule has 1 aromatic carbocycles. The zero-order valence-corrected chi connectivity index (χ0v) is 9.63. The molecule has 0 unspecified atom stereocenters. The molecule has 1 aromatic rings. The van der Waals surface area contributed by atoms with E-state index in [4.69, 9.17) is 11.5 Å². The Kier molecular flexibility index (Phi) is 5.26. The highest BCUT2D eigenvalue weighted by molar-refractivity contribution is 5.80. The van der Waals surface area contributed by atoms with Crippen LogP contribution in [0.4, 0.5) is 4.79 Å². The van der Waals surface area contributed by atoms with E-state index in [2.05, 4.69) is 16.0 Å². The first-order chi connectivity index (χ1) is 8.63. The number of benzene rings is 1. The monoisotopic (exact) mass is 247 g/mol. The fraction of sp³-hybridized carbons (Fsp3) is 0.231. The Bertz CT molecular complexity index is 450. The quantitative estimate of drug-likeness (QED) is 0.762. The zero-order chi connectivity index (χ0) is 13.4. The Hall–Kier alpha value is -2.48. The first kappa shape index (κ1) is 13.6. The third-order valence-electron chi connectivity index (χ3n) is 2.16. The van der Waals surface area contributed by atoms with Gasteiger partial charge in [-0.05, 0) is 5.56 Å². The van der Waals surface area contributed by atoms with Crippen molar-refractivity contribution in [2.45, 2.75) is 12.5 Å². The molecule has 2 N–H and O–H groups in total. The number of ether oxygens (including phenoxy) is 1. The number of carbonyl (C=O) groups is 2. The predicted octanol–water partition coefficient (Wildman–Crippen LogP) is 1.04. The van der Waals surface area contributed by atoms with Gasteiger partial charge in [-0.1, -0.05) is 36.3 Å². The molecule has 94 valence electrons. The highest BCUT2D eigenvalue weighted by Crippen LogP contribution is 2.03. The van der Waals surface area contributed by atoms with Crippen LogP contribution in [0.5, 0.6) is 0 Å². The molecule has 1 atom stereocenters. The van der Waals surface area contributed by atoms with E-state index in [0.717, 1.165) is 5.56 Å². The van der Waals surface area contributed by atoms with E-state index in [1.54, 1.807) is 24.3 Å². The van der Waals surface area contributed by atoms with Crippen LogP contribution in [-0.4, -0.2) is 29.8 Å². The molecule has 0 bridgehead atoms. The van der Waals surface area contributed by atoms with Crippen LogP contribution in [0.2, 0.25) is 0 Å². The third-order valence-corrected chi connectivity index (χ3v) is 2.16. The fourth-order valence-electron chi connectivity index (χ4n) is 1.34. The maximum Gasteiger partial charge on any atom is 0.408 e. The topological polar surface area (TPSA) is 75.6 Å². The standard InChI is InChI=1S/C13H13NO4/c1-2-8-18-13(17)14-11(12(15)16)9-10-6-4-3-5-7-10/h1,3-7,11H,8-9H2,(H,14,17)(H,15,16)/t11-/m0/s1. The second-order valence-electron chi connectivity index (χ2n) is 3.51. The van der Waals surface area contributed by atoms with Crippen molar-refractivity contribution in [1.29, 1.82) is 0 Å². The van der Waals surface area contributed by atoms with Gasteiger partial charge in [0.2, 0.25) is 0 Å². The summed E-state index contributed by atoms with van der Waals surface area (Å²) >= 11 is 0. The third kappa shape index (κ3) is 4.58. The van der Waals surface area contributed by atoms with E-state index in [-0.39, 0.29) is 13.0 Å². The Morgan fingerprint density at radius 2 is 2.06 bits per heavy atom. The van der Waals surface area contributed by atoms with Crippen LogP contribution in [0.3, 0.4) is 0 Å².